The van der Waals surface area contributed by atoms with E-state index in [1.807, 2.05) is 13.0 Å². The molecule has 0 amide bonds. The van der Waals surface area contributed by atoms with Gasteiger partial charge in [-0.1, -0.05) is 18.5 Å². The number of carbonyl (C=O) groups is 1. The summed E-state index contributed by atoms with van der Waals surface area (Å²) in [5.74, 6) is -0.449. The van der Waals surface area contributed by atoms with Crippen LogP contribution in [0.4, 0.5) is 0 Å². The molecule has 1 aliphatic heterocycles. The van der Waals surface area contributed by atoms with Crippen LogP contribution in [0.2, 0.25) is 5.02 Å². The van der Waals surface area contributed by atoms with Gasteiger partial charge in [-0.2, -0.15) is 0 Å². The topological polar surface area (TPSA) is 55.8 Å². The Kier molecular flexibility index (Phi) is 4.32. The Labute approximate surface area is 117 Å². The third kappa shape index (κ3) is 2.69. The fraction of sp³-hybridized carbons (Fsp3) is 0.500. The minimum atomic E-state index is -0.951. The van der Waals surface area contributed by atoms with E-state index in [9.17, 15) is 9.90 Å². The van der Waals surface area contributed by atoms with E-state index in [2.05, 4.69) is 0 Å². The largest absolute Gasteiger partial charge is 0.493 e. The van der Waals surface area contributed by atoms with E-state index in [0.717, 1.165) is 12.0 Å². The molecule has 2 unspecified atom stereocenters. The lowest BCUT2D eigenvalue weighted by Gasteiger charge is -2.19. The normalized spacial score (nSPS) is 22.1. The third-order valence-electron chi connectivity index (χ3n) is 3.45. The molecule has 2 rings (SSSR count). The first-order valence-corrected chi connectivity index (χ1v) is 6.67. The number of benzene rings is 1. The fourth-order valence-electron chi connectivity index (χ4n) is 2.31. The molecule has 0 saturated carbocycles. The second-order valence-corrected chi connectivity index (χ2v) is 4.95. The summed E-state index contributed by atoms with van der Waals surface area (Å²) in [4.78, 5) is 11.7. The smallest absolute Gasteiger partial charge is 0.311 e. The number of rotatable bonds is 2. The number of methoxy groups -OCH3 is 1. The monoisotopic (exact) mass is 284 g/mol. The first kappa shape index (κ1) is 14.2. The molecule has 1 heterocycles. The number of ether oxygens (including phenoxy) is 2. The van der Waals surface area contributed by atoms with Gasteiger partial charge in [0.1, 0.15) is 5.75 Å². The highest BCUT2D eigenvalue weighted by atomic mass is 35.5. The Hall–Kier alpha value is -1.26. The Morgan fingerprint density at radius 3 is 2.95 bits per heavy atom. The van der Waals surface area contributed by atoms with Crippen molar-refractivity contribution in [3.8, 4) is 5.75 Å². The van der Waals surface area contributed by atoms with E-state index in [-0.39, 0.29) is 0 Å². The Morgan fingerprint density at radius 2 is 2.32 bits per heavy atom. The molecular weight excluding hydrogens is 268 g/mol. The zero-order chi connectivity index (χ0) is 14.0. The molecule has 0 fully saturated rings. The SMILES string of the molecule is CCc1cc2c(cc1Cl)C(O)C(C(=O)OC)CCO2. The van der Waals surface area contributed by atoms with Gasteiger partial charge in [0.15, 0.2) is 0 Å². The Morgan fingerprint density at radius 1 is 1.58 bits per heavy atom. The number of hydrogen-bond donors (Lipinski definition) is 1. The van der Waals surface area contributed by atoms with Crippen LogP contribution in [0.5, 0.6) is 5.75 Å². The Balaban J connectivity index is 2.42. The lowest BCUT2D eigenvalue weighted by Crippen LogP contribution is -2.23. The molecule has 1 aromatic carbocycles. The van der Waals surface area contributed by atoms with Crippen molar-refractivity contribution in [3.05, 3.63) is 28.3 Å². The van der Waals surface area contributed by atoms with Crippen LogP contribution in [0, 0.1) is 5.92 Å². The highest BCUT2D eigenvalue weighted by Crippen LogP contribution is 2.38. The van der Waals surface area contributed by atoms with Crippen LogP contribution in [-0.2, 0) is 16.0 Å². The predicted octanol–water partition coefficient (Wildman–Crippen LogP) is 2.51. The number of aliphatic hydroxyl groups is 1. The minimum absolute atomic E-state index is 0.370. The molecule has 2 atom stereocenters. The zero-order valence-corrected chi connectivity index (χ0v) is 11.7. The van der Waals surface area contributed by atoms with Crippen LogP contribution in [0.25, 0.3) is 0 Å². The summed E-state index contributed by atoms with van der Waals surface area (Å²) in [5, 5.41) is 10.9. The molecule has 4 nitrogen and oxygen atoms in total. The maximum Gasteiger partial charge on any atom is 0.311 e. The minimum Gasteiger partial charge on any atom is -0.493 e. The molecular formula is C14H17ClO4. The highest BCUT2D eigenvalue weighted by Gasteiger charge is 2.33. The molecule has 0 aromatic heterocycles. The number of fused-ring (bicyclic) bond motifs is 1. The first-order chi connectivity index (χ1) is 9.08. The van der Waals surface area contributed by atoms with Gasteiger partial charge in [-0.05, 0) is 30.5 Å². The molecule has 0 spiro atoms. The van der Waals surface area contributed by atoms with Gasteiger partial charge in [-0.3, -0.25) is 4.79 Å². The van der Waals surface area contributed by atoms with Crippen molar-refractivity contribution in [1.29, 1.82) is 0 Å². The van der Waals surface area contributed by atoms with Crippen LogP contribution < -0.4 is 4.74 Å². The number of carbonyl (C=O) groups excluding carboxylic acids is 1. The van der Waals surface area contributed by atoms with Gasteiger partial charge in [0.25, 0.3) is 0 Å². The van der Waals surface area contributed by atoms with Crippen molar-refractivity contribution >= 4 is 17.6 Å². The molecule has 0 saturated heterocycles. The first-order valence-electron chi connectivity index (χ1n) is 6.29. The van der Waals surface area contributed by atoms with E-state index in [1.165, 1.54) is 7.11 Å². The summed E-state index contributed by atoms with van der Waals surface area (Å²) in [6, 6.07) is 3.52. The standard InChI is InChI=1S/C14H17ClO4/c1-3-8-6-12-10(7-11(8)15)13(16)9(4-5-19-12)14(17)18-2/h6-7,9,13,16H,3-5H2,1-2H3. The second kappa shape index (κ2) is 5.80. The zero-order valence-electron chi connectivity index (χ0n) is 11.0. The summed E-state index contributed by atoms with van der Waals surface area (Å²) >= 11 is 6.16. The highest BCUT2D eigenvalue weighted by molar-refractivity contribution is 6.31. The number of halogens is 1. The molecule has 1 aliphatic rings. The van der Waals surface area contributed by atoms with Crippen LogP contribution in [-0.4, -0.2) is 24.8 Å². The number of esters is 1. The van der Waals surface area contributed by atoms with Gasteiger partial charge in [-0.25, -0.2) is 0 Å². The summed E-state index contributed by atoms with van der Waals surface area (Å²) in [6.45, 7) is 2.37. The van der Waals surface area contributed by atoms with Gasteiger partial charge in [0.05, 0.1) is 25.7 Å². The quantitative estimate of drug-likeness (QED) is 0.848. The number of aryl methyl sites for hydroxylation is 1. The predicted molar refractivity (Wildman–Crippen MR) is 71.4 cm³/mol. The number of aliphatic hydroxyl groups excluding tert-OH is 1. The molecule has 19 heavy (non-hydrogen) atoms. The van der Waals surface area contributed by atoms with Crippen LogP contribution >= 0.6 is 11.6 Å². The summed E-state index contributed by atoms with van der Waals surface area (Å²) in [6.07, 6.45) is 0.251. The van der Waals surface area contributed by atoms with Gasteiger partial charge < -0.3 is 14.6 Å². The molecule has 104 valence electrons. The van der Waals surface area contributed by atoms with Crippen molar-refractivity contribution in [2.75, 3.05) is 13.7 Å². The van der Waals surface area contributed by atoms with Crippen molar-refractivity contribution in [3.63, 3.8) is 0 Å². The van der Waals surface area contributed by atoms with Gasteiger partial charge in [0, 0.05) is 10.6 Å². The van der Waals surface area contributed by atoms with E-state index >= 15 is 0 Å². The van der Waals surface area contributed by atoms with E-state index < -0.39 is 18.0 Å². The average Bonchev–Trinajstić information content (AvgIpc) is 2.57. The molecule has 5 heteroatoms. The summed E-state index contributed by atoms with van der Waals surface area (Å²) in [7, 11) is 1.31. The van der Waals surface area contributed by atoms with Crippen molar-refractivity contribution in [1.82, 2.24) is 0 Å². The number of hydrogen-bond acceptors (Lipinski definition) is 4. The second-order valence-electron chi connectivity index (χ2n) is 4.55. The lowest BCUT2D eigenvalue weighted by molar-refractivity contribution is -0.150. The van der Waals surface area contributed by atoms with Crippen molar-refractivity contribution in [2.24, 2.45) is 5.92 Å². The van der Waals surface area contributed by atoms with Crippen molar-refractivity contribution in [2.45, 2.75) is 25.9 Å². The maximum atomic E-state index is 11.7. The van der Waals surface area contributed by atoms with E-state index in [1.54, 1.807) is 6.07 Å². The molecule has 0 aliphatic carbocycles. The molecule has 0 radical (unpaired) electrons. The maximum absolute atomic E-state index is 11.7. The molecule has 1 aromatic rings. The molecule has 1 N–H and O–H groups in total. The molecule has 0 bridgehead atoms. The average molecular weight is 285 g/mol. The van der Waals surface area contributed by atoms with Crippen LogP contribution in [0.15, 0.2) is 12.1 Å². The Bertz CT molecular complexity index is 487. The lowest BCUT2D eigenvalue weighted by atomic mass is 9.92. The van der Waals surface area contributed by atoms with Gasteiger partial charge in [0.2, 0.25) is 0 Å². The van der Waals surface area contributed by atoms with Gasteiger partial charge in [-0.15, -0.1) is 0 Å². The van der Waals surface area contributed by atoms with Crippen molar-refractivity contribution < 1.29 is 19.4 Å². The van der Waals surface area contributed by atoms with Crippen LogP contribution in [0.3, 0.4) is 0 Å². The van der Waals surface area contributed by atoms with E-state index in [4.69, 9.17) is 21.1 Å². The third-order valence-corrected chi connectivity index (χ3v) is 3.80. The van der Waals surface area contributed by atoms with Crippen LogP contribution in [0.1, 0.15) is 30.6 Å². The van der Waals surface area contributed by atoms with E-state index in [0.29, 0.717) is 29.4 Å². The summed E-state index contributed by atoms with van der Waals surface area (Å²) in [5.41, 5.74) is 1.51. The van der Waals surface area contributed by atoms with Gasteiger partial charge >= 0.3 is 5.97 Å². The summed E-state index contributed by atoms with van der Waals surface area (Å²) < 4.78 is 10.3. The fourth-order valence-corrected chi connectivity index (χ4v) is 2.61.